The largest absolute Gasteiger partial charge is 0.481 e. The van der Waals surface area contributed by atoms with Crippen LogP contribution in [0.2, 0.25) is 0 Å². The summed E-state index contributed by atoms with van der Waals surface area (Å²) in [7, 11) is 1.65. The molecule has 6 heteroatoms. The Morgan fingerprint density at radius 1 is 1.12 bits per heavy atom. The van der Waals surface area contributed by atoms with Crippen molar-refractivity contribution in [1.82, 2.24) is 19.9 Å². The average Bonchev–Trinajstić information content (AvgIpc) is 3.05. The van der Waals surface area contributed by atoms with Crippen LogP contribution >= 0.6 is 0 Å². The maximum absolute atomic E-state index is 5.22. The van der Waals surface area contributed by atoms with Gasteiger partial charge in [0.25, 0.3) is 0 Å². The van der Waals surface area contributed by atoms with Crippen molar-refractivity contribution in [2.75, 3.05) is 38.2 Å². The van der Waals surface area contributed by atoms with Crippen LogP contribution in [0.1, 0.15) is 5.56 Å². The number of ether oxygens (including phenoxy) is 1. The van der Waals surface area contributed by atoms with E-state index >= 15 is 0 Å². The van der Waals surface area contributed by atoms with E-state index in [2.05, 4.69) is 37.0 Å². The van der Waals surface area contributed by atoms with Crippen molar-refractivity contribution < 1.29 is 4.74 Å². The van der Waals surface area contributed by atoms with Gasteiger partial charge in [0.1, 0.15) is 11.5 Å². The number of nitrogens with zero attached hydrogens (tertiary/aromatic N) is 4. The molecule has 1 aliphatic rings. The number of methoxy groups -OCH3 is 1. The summed E-state index contributed by atoms with van der Waals surface area (Å²) in [5, 5.41) is 1.22. The molecule has 0 aromatic carbocycles. The molecule has 0 atom stereocenters. The van der Waals surface area contributed by atoms with E-state index in [0.29, 0.717) is 5.88 Å². The Morgan fingerprint density at radius 3 is 2.83 bits per heavy atom. The van der Waals surface area contributed by atoms with Gasteiger partial charge in [-0.15, -0.1) is 0 Å². The van der Waals surface area contributed by atoms with Crippen LogP contribution in [0.25, 0.3) is 11.0 Å². The Morgan fingerprint density at radius 2 is 2.00 bits per heavy atom. The zero-order valence-corrected chi connectivity index (χ0v) is 13.8. The molecule has 0 bridgehead atoms. The number of hydrogen-bond acceptors (Lipinski definition) is 5. The first kappa shape index (κ1) is 15.0. The normalized spacial score (nSPS) is 15.8. The maximum atomic E-state index is 5.22. The van der Waals surface area contributed by atoms with Gasteiger partial charge in [-0.3, -0.25) is 4.90 Å². The van der Waals surface area contributed by atoms with E-state index in [0.717, 1.165) is 44.2 Å². The Hall–Kier alpha value is -2.60. The molecule has 0 aliphatic carbocycles. The highest BCUT2D eigenvalue weighted by Crippen LogP contribution is 2.20. The van der Waals surface area contributed by atoms with Gasteiger partial charge < -0.3 is 14.6 Å². The molecule has 124 valence electrons. The lowest BCUT2D eigenvalue weighted by Crippen LogP contribution is -2.46. The first-order chi connectivity index (χ1) is 11.8. The molecule has 3 aromatic rings. The van der Waals surface area contributed by atoms with Gasteiger partial charge in [0.15, 0.2) is 0 Å². The van der Waals surface area contributed by atoms with Crippen molar-refractivity contribution >= 4 is 16.9 Å². The summed E-state index contributed by atoms with van der Waals surface area (Å²) >= 11 is 0. The van der Waals surface area contributed by atoms with Gasteiger partial charge in [-0.25, -0.2) is 4.98 Å². The minimum Gasteiger partial charge on any atom is -0.481 e. The van der Waals surface area contributed by atoms with E-state index in [9.17, 15) is 0 Å². The fourth-order valence-electron chi connectivity index (χ4n) is 3.21. The second-order valence-electron chi connectivity index (χ2n) is 6.01. The van der Waals surface area contributed by atoms with Gasteiger partial charge in [-0.2, -0.15) is 4.98 Å². The lowest BCUT2D eigenvalue weighted by molar-refractivity contribution is 0.250. The van der Waals surface area contributed by atoms with Crippen LogP contribution in [0.4, 0.5) is 5.82 Å². The monoisotopic (exact) mass is 323 g/mol. The highest BCUT2D eigenvalue weighted by Gasteiger charge is 2.19. The second-order valence-corrected chi connectivity index (χ2v) is 6.01. The molecule has 1 aliphatic heterocycles. The van der Waals surface area contributed by atoms with Crippen LogP contribution in [0.15, 0.2) is 42.7 Å². The highest BCUT2D eigenvalue weighted by atomic mass is 16.5. The molecule has 0 radical (unpaired) electrons. The third-order valence-corrected chi connectivity index (χ3v) is 4.54. The van der Waals surface area contributed by atoms with Crippen molar-refractivity contribution in [2.24, 2.45) is 0 Å². The summed E-state index contributed by atoms with van der Waals surface area (Å²) in [6.07, 6.45) is 3.90. The first-order valence-corrected chi connectivity index (χ1v) is 8.23. The molecule has 24 heavy (non-hydrogen) atoms. The van der Waals surface area contributed by atoms with Gasteiger partial charge >= 0.3 is 0 Å². The molecule has 1 fully saturated rings. The number of anilines is 1. The molecule has 0 spiro atoms. The summed E-state index contributed by atoms with van der Waals surface area (Å²) in [5.74, 6) is 1.66. The minimum atomic E-state index is 0.668. The number of H-pyrrole nitrogens is 1. The Labute approximate surface area is 141 Å². The molecule has 0 saturated carbocycles. The lowest BCUT2D eigenvalue weighted by atomic mass is 10.2. The fourth-order valence-corrected chi connectivity index (χ4v) is 3.21. The van der Waals surface area contributed by atoms with E-state index in [1.165, 1.54) is 10.9 Å². The number of aromatic nitrogens is 3. The van der Waals surface area contributed by atoms with E-state index in [4.69, 9.17) is 4.74 Å². The fraction of sp³-hybridized carbons (Fsp3) is 0.333. The Bertz CT molecular complexity index is 823. The molecular weight excluding hydrogens is 302 g/mol. The maximum Gasteiger partial charge on any atom is 0.214 e. The molecule has 6 nitrogen and oxygen atoms in total. The SMILES string of the molecule is COc1cccc(N2CCN(Cc3c[nH]c4ncccc34)CC2)n1. The molecule has 4 rings (SSSR count). The Balaban J connectivity index is 1.41. The molecule has 1 saturated heterocycles. The van der Waals surface area contributed by atoms with E-state index in [1.54, 1.807) is 7.11 Å². The van der Waals surface area contributed by atoms with Crippen molar-refractivity contribution in [1.29, 1.82) is 0 Å². The number of nitrogens with one attached hydrogen (secondary N) is 1. The van der Waals surface area contributed by atoms with Crippen molar-refractivity contribution in [2.45, 2.75) is 6.54 Å². The molecule has 4 heterocycles. The van der Waals surface area contributed by atoms with Gasteiger partial charge in [0.05, 0.1) is 7.11 Å². The third-order valence-electron chi connectivity index (χ3n) is 4.54. The summed E-state index contributed by atoms with van der Waals surface area (Å²) in [5.41, 5.74) is 2.28. The van der Waals surface area contributed by atoms with E-state index in [-0.39, 0.29) is 0 Å². The van der Waals surface area contributed by atoms with E-state index in [1.807, 2.05) is 30.5 Å². The summed E-state index contributed by atoms with van der Waals surface area (Å²) in [4.78, 5) is 16.9. The average molecular weight is 323 g/mol. The zero-order valence-electron chi connectivity index (χ0n) is 13.8. The van der Waals surface area contributed by atoms with Gasteiger partial charge in [-0.1, -0.05) is 6.07 Å². The van der Waals surface area contributed by atoms with Crippen molar-refractivity contribution in [3.05, 3.63) is 48.3 Å². The van der Waals surface area contributed by atoms with Gasteiger partial charge in [-0.05, 0) is 23.8 Å². The first-order valence-electron chi connectivity index (χ1n) is 8.23. The van der Waals surface area contributed by atoms with Crippen LogP contribution in [0.3, 0.4) is 0 Å². The molecular formula is C18H21N5O. The number of piperazine rings is 1. The third kappa shape index (κ3) is 2.92. The van der Waals surface area contributed by atoms with E-state index < -0.39 is 0 Å². The minimum absolute atomic E-state index is 0.668. The van der Waals surface area contributed by atoms with Crippen LogP contribution < -0.4 is 9.64 Å². The zero-order chi connectivity index (χ0) is 16.4. The topological polar surface area (TPSA) is 57.3 Å². The van der Waals surface area contributed by atoms with Crippen LogP contribution in [0.5, 0.6) is 5.88 Å². The number of fused-ring (bicyclic) bond motifs is 1. The smallest absolute Gasteiger partial charge is 0.214 e. The molecule has 1 N–H and O–H groups in total. The lowest BCUT2D eigenvalue weighted by Gasteiger charge is -2.35. The molecule has 3 aromatic heterocycles. The van der Waals surface area contributed by atoms with Crippen LogP contribution in [-0.2, 0) is 6.54 Å². The van der Waals surface area contributed by atoms with Crippen LogP contribution in [0, 0.1) is 0 Å². The quantitative estimate of drug-likeness (QED) is 0.798. The predicted octanol–water partition coefficient (Wildman–Crippen LogP) is 2.29. The predicted molar refractivity (Wildman–Crippen MR) is 94.4 cm³/mol. The number of aromatic amines is 1. The number of pyridine rings is 2. The van der Waals surface area contributed by atoms with Gasteiger partial charge in [0, 0.05) is 56.6 Å². The number of rotatable bonds is 4. The highest BCUT2D eigenvalue weighted by molar-refractivity contribution is 5.79. The standard InChI is InChI=1S/C18H21N5O/c1-24-17-6-2-5-16(21-17)23-10-8-22(9-11-23)13-14-12-20-18-15(14)4-3-7-19-18/h2-7,12H,8-11,13H2,1H3,(H,19,20). The summed E-state index contributed by atoms with van der Waals surface area (Å²) in [6, 6.07) is 10.0. The summed E-state index contributed by atoms with van der Waals surface area (Å²) < 4.78 is 5.22. The van der Waals surface area contributed by atoms with Crippen molar-refractivity contribution in [3.63, 3.8) is 0 Å². The Kier molecular flexibility index (Phi) is 4.04. The number of hydrogen-bond donors (Lipinski definition) is 1. The van der Waals surface area contributed by atoms with Crippen LogP contribution in [-0.4, -0.2) is 53.1 Å². The summed E-state index contributed by atoms with van der Waals surface area (Å²) in [6.45, 7) is 4.93. The molecule has 0 amide bonds. The second kappa shape index (κ2) is 6.49. The van der Waals surface area contributed by atoms with Gasteiger partial charge in [0.2, 0.25) is 5.88 Å². The molecule has 0 unspecified atom stereocenters. The van der Waals surface area contributed by atoms with Crippen molar-refractivity contribution in [3.8, 4) is 5.88 Å².